The van der Waals surface area contributed by atoms with Gasteiger partial charge in [0.15, 0.2) is 0 Å². The van der Waals surface area contributed by atoms with E-state index in [9.17, 15) is 4.79 Å². The van der Waals surface area contributed by atoms with E-state index in [0.29, 0.717) is 22.2 Å². The zero-order valence-electron chi connectivity index (χ0n) is 12.5. The SMILES string of the molecule is NC1CCCC(Oc2cc3cc[nH]c(=O)c3cc2Cl)CCC1. The molecule has 3 N–H and O–H groups in total. The number of nitrogens with two attached hydrogens (primary N) is 1. The predicted octanol–water partition coefficient (Wildman–Crippen LogP) is 3.61. The van der Waals surface area contributed by atoms with Crippen molar-refractivity contribution in [1.29, 1.82) is 0 Å². The quantitative estimate of drug-likeness (QED) is 0.888. The van der Waals surface area contributed by atoms with Crippen LogP contribution in [0.15, 0.2) is 29.2 Å². The molecule has 3 rings (SSSR count). The van der Waals surface area contributed by atoms with Crippen LogP contribution in [0.3, 0.4) is 0 Å². The van der Waals surface area contributed by atoms with Gasteiger partial charge in [-0.3, -0.25) is 4.79 Å². The summed E-state index contributed by atoms with van der Waals surface area (Å²) in [5.41, 5.74) is 5.87. The molecule has 1 aromatic heterocycles. The molecule has 22 heavy (non-hydrogen) atoms. The first-order valence-electron chi connectivity index (χ1n) is 7.86. The van der Waals surface area contributed by atoms with E-state index in [0.717, 1.165) is 43.9 Å². The van der Waals surface area contributed by atoms with E-state index in [2.05, 4.69) is 4.98 Å². The smallest absolute Gasteiger partial charge is 0.255 e. The number of pyridine rings is 1. The van der Waals surface area contributed by atoms with Crippen molar-refractivity contribution in [3.8, 4) is 5.75 Å². The number of aromatic amines is 1. The second-order valence-corrected chi connectivity index (χ2v) is 6.45. The molecule has 0 aliphatic heterocycles. The fourth-order valence-electron chi connectivity index (χ4n) is 3.08. The summed E-state index contributed by atoms with van der Waals surface area (Å²) in [7, 11) is 0. The summed E-state index contributed by atoms with van der Waals surface area (Å²) in [6, 6.07) is 5.73. The molecule has 0 amide bonds. The van der Waals surface area contributed by atoms with E-state index in [4.69, 9.17) is 22.1 Å². The van der Waals surface area contributed by atoms with Crippen LogP contribution in [-0.2, 0) is 0 Å². The van der Waals surface area contributed by atoms with Crippen LogP contribution in [-0.4, -0.2) is 17.1 Å². The standard InChI is InChI=1S/C17H21ClN2O2/c18-15-10-14-11(7-8-20-17(14)21)9-16(15)22-13-5-1-3-12(19)4-2-6-13/h7-10,12-13H,1-6,19H2,(H,20,21). The van der Waals surface area contributed by atoms with E-state index in [-0.39, 0.29) is 11.7 Å². The molecule has 1 fully saturated rings. The highest BCUT2D eigenvalue weighted by atomic mass is 35.5. The number of H-pyrrole nitrogens is 1. The van der Waals surface area contributed by atoms with Gasteiger partial charge in [0.05, 0.1) is 11.1 Å². The fourth-order valence-corrected chi connectivity index (χ4v) is 3.29. The van der Waals surface area contributed by atoms with Crippen LogP contribution in [0.2, 0.25) is 5.02 Å². The van der Waals surface area contributed by atoms with Gasteiger partial charge in [0.2, 0.25) is 0 Å². The molecule has 1 aromatic carbocycles. The van der Waals surface area contributed by atoms with Crippen LogP contribution < -0.4 is 16.0 Å². The summed E-state index contributed by atoms with van der Waals surface area (Å²) >= 11 is 6.29. The Morgan fingerprint density at radius 2 is 1.91 bits per heavy atom. The second-order valence-electron chi connectivity index (χ2n) is 6.04. The molecular formula is C17H21ClN2O2. The highest BCUT2D eigenvalue weighted by Crippen LogP contribution is 2.31. The number of nitrogens with one attached hydrogen (secondary N) is 1. The lowest BCUT2D eigenvalue weighted by molar-refractivity contribution is 0.164. The van der Waals surface area contributed by atoms with Gasteiger partial charge in [0, 0.05) is 17.6 Å². The lowest BCUT2D eigenvalue weighted by Gasteiger charge is -2.24. The number of ether oxygens (including phenoxy) is 1. The molecule has 0 bridgehead atoms. The lowest BCUT2D eigenvalue weighted by Crippen LogP contribution is -2.26. The molecule has 118 valence electrons. The van der Waals surface area contributed by atoms with Crippen molar-refractivity contribution in [2.24, 2.45) is 5.73 Å². The lowest BCUT2D eigenvalue weighted by atomic mass is 9.95. The first kappa shape index (κ1) is 15.4. The fraction of sp³-hybridized carbons (Fsp3) is 0.471. The van der Waals surface area contributed by atoms with Crippen LogP contribution >= 0.6 is 11.6 Å². The van der Waals surface area contributed by atoms with Crippen molar-refractivity contribution in [2.45, 2.75) is 50.7 Å². The van der Waals surface area contributed by atoms with Gasteiger partial charge in [-0.15, -0.1) is 0 Å². The third-order valence-electron chi connectivity index (χ3n) is 4.32. The van der Waals surface area contributed by atoms with E-state index >= 15 is 0 Å². The Bertz CT molecular complexity index is 703. The summed E-state index contributed by atoms with van der Waals surface area (Å²) in [4.78, 5) is 14.4. The van der Waals surface area contributed by atoms with Crippen LogP contribution in [0.25, 0.3) is 10.8 Å². The molecule has 0 radical (unpaired) electrons. The van der Waals surface area contributed by atoms with Crippen molar-refractivity contribution in [1.82, 2.24) is 4.98 Å². The summed E-state index contributed by atoms with van der Waals surface area (Å²) in [5.74, 6) is 0.662. The largest absolute Gasteiger partial charge is 0.489 e. The molecular weight excluding hydrogens is 300 g/mol. The van der Waals surface area contributed by atoms with E-state index in [1.807, 2.05) is 12.1 Å². The molecule has 0 spiro atoms. The predicted molar refractivity (Wildman–Crippen MR) is 89.7 cm³/mol. The third kappa shape index (κ3) is 3.45. The number of halogens is 1. The zero-order chi connectivity index (χ0) is 15.5. The van der Waals surface area contributed by atoms with Gasteiger partial charge in [-0.1, -0.05) is 11.6 Å². The topological polar surface area (TPSA) is 68.1 Å². The second kappa shape index (κ2) is 6.71. The summed E-state index contributed by atoms with van der Waals surface area (Å²) in [5, 5.41) is 1.92. The Labute approximate surface area is 134 Å². The highest BCUT2D eigenvalue weighted by Gasteiger charge is 2.17. The Hall–Kier alpha value is -1.52. The number of aromatic nitrogens is 1. The molecule has 1 aliphatic carbocycles. The molecule has 2 aromatic rings. The Kier molecular flexibility index (Phi) is 4.69. The van der Waals surface area contributed by atoms with Crippen LogP contribution in [0.5, 0.6) is 5.75 Å². The summed E-state index contributed by atoms with van der Waals surface area (Å²) < 4.78 is 6.12. The van der Waals surface area contributed by atoms with Gasteiger partial charge < -0.3 is 15.5 Å². The molecule has 0 saturated heterocycles. The molecule has 1 aliphatic rings. The number of hydrogen-bond acceptors (Lipinski definition) is 3. The van der Waals surface area contributed by atoms with Crippen molar-refractivity contribution < 1.29 is 4.74 Å². The maximum absolute atomic E-state index is 11.8. The zero-order valence-corrected chi connectivity index (χ0v) is 13.2. The van der Waals surface area contributed by atoms with Crippen LogP contribution in [0, 0.1) is 0 Å². The van der Waals surface area contributed by atoms with Crippen LogP contribution in [0.1, 0.15) is 38.5 Å². The Morgan fingerprint density at radius 1 is 1.18 bits per heavy atom. The summed E-state index contributed by atoms with van der Waals surface area (Å²) in [6.45, 7) is 0. The minimum absolute atomic E-state index is 0.133. The Morgan fingerprint density at radius 3 is 2.64 bits per heavy atom. The number of fused-ring (bicyclic) bond motifs is 1. The Balaban J connectivity index is 1.81. The van der Waals surface area contributed by atoms with Crippen LogP contribution in [0.4, 0.5) is 0 Å². The van der Waals surface area contributed by atoms with Crippen molar-refractivity contribution in [3.63, 3.8) is 0 Å². The van der Waals surface area contributed by atoms with Crippen molar-refractivity contribution in [2.75, 3.05) is 0 Å². The van der Waals surface area contributed by atoms with Gasteiger partial charge >= 0.3 is 0 Å². The molecule has 1 saturated carbocycles. The van der Waals surface area contributed by atoms with E-state index in [1.165, 1.54) is 0 Å². The van der Waals surface area contributed by atoms with Gasteiger partial charge in [0.25, 0.3) is 5.56 Å². The van der Waals surface area contributed by atoms with Gasteiger partial charge in [-0.2, -0.15) is 0 Å². The molecule has 0 unspecified atom stereocenters. The third-order valence-corrected chi connectivity index (χ3v) is 4.62. The minimum Gasteiger partial charge on any atom is -0.489 e. The summed E-state index contributed by atoms with van der Waals surface area (Å²) in [6.07, 6.45) is 8.08. The van der Waals surface area contributed by atoms with Crippen molar-refractivity contribution in [3.05, 3.63) is 39.8 Å². The number of hydrogen-bond donors (Lipinski definition) is 2. The van der Waals surface area contributed by atoms with E-state index < -0.39 is 0 Å². The monoisotopic (exact) mass is 320 g/mol. The highest BCUT2D eigenvalue weighted by molar-refractivity contribution is 6.32. The number of rotatable bonds is 2. The molecule has 0 atom stereocenters. The average Bonchev–Trinajstić information content (AvgIpc) is 2.46. The maximum Gasteiger partial charge on any atom is 0.255 e. The molecule has 4 nitrogen and oxygen atoms in total. The first-order chi connectivity index (χ1) is 10.6. The van der Waals surface area contributed by atoms with Gasteiger partial charge in [-0.25, -0.2) is 0 Å². The average molecular weight is 321 g/mol. The molecule has 1 heterocycles. The van der Waals surface area contributed by atoms with Gasteiger partial charge in [-0.05, 0) is 62.1 Å². The van der Waals surface area contributed by atoms with E-state index in [1.54, 1.807) is 12.3 Å². The maximum atomic E-state index is 11.8. The molecule has 5 heteroatoms. The van der Waals surface area contributed by atoms with Crippen molar-refractivity contribution >= 4 is 22.4 Å². The first-order valence-corrected chi connectivity index (χ1v) is 8.24. The normalized spacial score (nSPS) is 23.0. The number of benzene rings is 1. The van der Waals surface area contributed by atoms with Gasteiger partial charge in [0.1, 0.15) is 5.75 Å². The minimum atomic E-state index is -0.133.